The molecular weight excluding hydrogens is 394 g/mol. The molecule has 3 rings (SSSR count). The van der Waals surface area contributed by atoms with Crippen LogP contribution in [0, 0.1) is 0 Å². The first-order chi connectivity index (χ1) is 13.8. The SMILES string of the molecule is CN(C)S(=O)(=O)c1ccc(C(=O)OCC(=O)N2CCC(c3ccccc3)=N2)cc1. The second-order valence-corrected chi connectivity index (χ2v) is 8.72. The Bertz CT molecular complexity index is 1030. The highest BCUT2D eigenvalue weighted by Crippen LogP contribution is 2.16. The van der Waals surface area contributed by atoms with Crippen LogP contribution in [-0.4, -0.2) is 62.6 Å². The zero-order valence-electron chi connectivity index (χ0n) is 16.1. The molecule has 1 heterocycles. The highest BCUT2D eigenvalue weighted by atomic mass is 32.2. The third-order valence-electron chi connectivity index (χ3n) is 4.39. The third kappa shape index (κ3) is 4.69. The molecule has 0 fully saturated rings. The monoisotopic (exact) mass is 415 g/mol. The Morgan fingerprint density at radius 3 is 2.34 bits per heavy atom. The van der Waals surface area contributed by atoms with Gasteiger partial charge in [0.05, 0.1) is 22.7 Å². The summed E-state index contributed by atoms with van der Waals surface area (Å²) in [6.45, 7) is -0.0140. The molecule has 0 atom stereocenters. The van der Waals surface area contributed by atoms with E-state index in [-0.39, 0.29) is 10.5 Å². The minimum Gasteiger partial charge on any atom is -0.452 e. The van der Waals surface area contributed by atoms with Crippen molar-refractivity contribution in [1.29, 1.82) is 0 Å². The van der Waals surface area contributed by atoms with E-state index in [9.17, 15) is 18.0 Å². The van der Waals surface area contributed by atoms with Gasteiger partial charge in [0, 0.05) is 20.5 Å². The molecule has 0 aliphatic carbocycles. The van der Waals surface area contributed by atoms with Crippen molar-refractivity contribution < 1.29 is 22.7 Å². The number of carbonyl (C=O) groups is 2. The molecule has 0 radical (unpaired) electrons. The van der Waals surface area contributed by atoms with Crippen molar-refractivity contribution in [2.45, 2.75) is 11.3 Å². The van der Waals surface area contributed by atoms with Crippen molar-refractivity contribution >= 4 is 27.6 Å². The number of amides is 1. The van der Waals surface area contributed by atoms with Crippen LogP contribution in [0.5, 0.6) is 0 Å². The largest absolute Gasteiger partial charge is 0.452 e. The molecule has 0 saturated carbocycles. The lowest BCUT2D eigenvalue weighted by atomic mass is 10.1. The topological polar surface area (TPSA) is 96.3 Å². The van der Waals surface area contributed by atoms with E-state index in [2.05, 4.69) is 5.10 Å². The third-order valence-corrected chi connectivity index (χ3v) is 6.22. The van der Waals surface area contributed by atoms with Gasteiger partial charge in [0.2, 0.25) is 10.0 Å². The number of hydrogen-bond acceptors (Lipinski definition) is 6. The fraction of sp³-hybridized carbons (Fsp3) is 0.250. The Kier molecular flexibility index (Phi) is 6.09. The van der Waals surface area contributed by atoms with Crippen molar-refractivity contribution in [2.75, 3.05) is 27.2 Å². The van der Waals surface area contributed by atoms with Gasteiger partial charge >= 0.3 is 5.97 Å². The molecule has 0 bridgehead atoms. The highest BCUT2D eigenvalue weighted by Gasteiger charge is 2.23. The van der Waals surface area contributed by atoms with E-state index in [1.54, 1.807) is 0 Å². The summed E-state index contributed by atoms with van der Waals surface area (Å²) in [5.41, 5.74) is 1.92. The van der Waals surface area contributed by atoms with Crippen LogP contribution < -0.4 is 0 Å². The molecular formula is C20H21N3O5S. The van der Waals surface area contributed by atoms with Gasteiger partial charge in [0.15, 0.2) is 6.61 Å². The van der Waals surface area contributed by atoms with Gasteiger partial charge in [-0.15, -0.1) is 0 Å². The predicted octanol–water partition coefficient (Wildman–Crippen LogP) is 1.73. The number of ether oxygens (including phenoxy) is 1. The van der Waals surface area contributed by atoms with Crippen molar-refractivity contribution in [3.05, 3.63) is 65.7 Å². The fourth-order valence-electron chi connectivity index (χ4n) is 2.73. The van der Waals surface area contributed by atoms with Crippen LogP contribution >= 0.6 is 0 Å². The summed E-state index contributed by atoms with van der Waals surface area (Å²) in [4.78, 5) is 24.5. The second kappa shape index (κ2) is 8.54. The van der Waals surface area contributed by atoms with Gasteiger partial charge in [-0.1, -0.05) is 30.3 Å². The zero-order valence-corrected chi connectivity index (χ0v) is 16.9. The highest BCUT2D eigenvalue weighted by molar-refractivity contribution is 7.89. The molecule has 0 unspecified atom stereocenters. The Hall–Kier alpha value is -3.04. The Morgan fingerprint density at radius 2 is 1.72 bits per heavy atom. The van der Waals surface area contributed by atoms with Crippen LogP contribution in [0.1, 0.15) is 22.3 Å². The first kappa shape index (κ1) is 20.7. The molecule has 0 N–H and O–H groups in total. The molecule has 9 heteroatoms. The maximum Gasteiger partial charge on any atom is 0.338 e. The lowest BCUT2D eigenvalue weighted by molar-refractivity contribution is -0.134. The van der Waals surface area contributed by atoms with Crippen molar-refractivity contribution in [3.8, 4) is 0 Å². The summed E-state index contributed by atoms with van der Waals surface area (Å²) < 4.78 is 30.2. The zero-order chi connectivity index (χ0) is 21.0. The van der Waals surface area contributed by atoms with E-state index >= 15 is 0 Å². The van der Waals surface area contributed by atoms with E-state index in [4.69, 9.17) is 4.74 Å². The quantitative estimate of drug-likeness (QED) is 0.670. The summed E-state index contributed by atoms with van der Waals surface area (Å²) in [6.07, 6.45) is 0.630. The van der Waals surface area contributed by atoms with Crippen LogP contribution in [0.15, 0.2) is 64.6 Å². The minimum absolute atomic E-state index is 0.0648. The van der Waals surface area contributed by atoms with Gasteiger partial charge in [-0.05, 0) is 29.8 Å². The van der Waals surface area contributed by atoms with Crippen LogP contribution in [-0.2, 0) is 19.6 Å². The summed E-state index contributed by atoms with van der Waals surface area (Å²) >= 11 is 0. The maximum absolute atomic E-state index is 12.3. The van der Waals surface area contributed by atoms with Gasteiger partial charge in [0.25, 0.3) is 5.91 Å². The summed E-state index contributed by atoms with van der Waals surface area (Å²) in [5.74, 6) is -1.13. The molecule has 2 aromatic rings. The molecule has 1 aliphatic heterocycles. The number of hydrogen-bond donors (Lipinski definition) is 0. The number of carbonyl (C=O) groups excluding carboxylic acids is 2. The summed E-state index contributed by atoms with van der Waals surface area (Å²) in [5, 5.41) is 5.60. The normalized spacial score (nSPS) is 14.0. The second-order valence-electron chi connectivity index (χ2n) is 6.57. The lowest BCUT2D eigenvalue weighted by Crippen LogP contribution is -2.28. The predicted molar refractivity (Wildman–Crippen MR) is 107 cm³/mol. The van der Waals surface area contributed by atoms with E-state index in [1.807, 2.05) is 30.3 Å². The first-order valence-corrected chi connectivity index (χ1v) is 10.4. The standard InChI is InChI=1S/C20H21N3O5S/c1-22(2)29(26,27)17-10-8-16(9-11-17)20(25)28-14-19(24)23-13-12-18(21-23)15-6-4-3-5-7-15/h3-11H,12-14H2,1-2H3. The molecule has 29 heavy (non-hydrogen) atoms. The van der Waals surface area contributed by atoms with Crippen molar-refractivity contribution in [1.82, 2.24) is 9.31 Å². The molecule has 152 valence electrons. The van der Waals surface area contributed by atoms with Gasteiger partial charge in [0.1, 0.15) is 0 Å². The van der Waals surface area contributed by atoms with Crippen molar-refractivity contribution in [3.63, 3.8) is 0 Å². The molecule has 1 aliphatic rings. The van der Waals surface area contributed by atoms with E-state index < -0.39 is 28.5 Å². The molecule has 8 nitrogen and oxygen atoms in total. The molecule has 0 aromatic heterocycles. The Balaban J connectivity index is 1.58. The number of benzene rings is 2. The average molecular weight is 415 g/mol. The summed E-state index contributed by atoms with van der Waals surface area (Å²) in [6, 6.07) is 14.9. The number of esters is 1. The number of sulfonamides is 1. The van der Waals surface area contributed by atoms with Gasteiger partial charge in [-0.3, -0.25) is 4.79 Å². The van der Waals surface area contributed by atoms with E-state index in [0.717, 1.165) is 15.6 Å². The lowest BCUT2D eigenvalue weighted by Gasteiger charge is -2.12. The molecule has 2 aromatic carbocycles. The smallest absolute Gasteiger partial charge is 0.338 e. The summed E-state index contributed by atoms with van der Waals surface area (Å²) in [7, 11) is -0.731. The van der Waals surface area contributed by atoms with Crippen LogP contribution in [0.4, 0.5) is 0 Å². The van der Waals surface area contributed by atoms with E-state index in [1.165, 1.54) is 43.4 Å². The number of rotatable bonds is 6. The molecule has 0 spiro atoms. The Labute approximate surface area is 169 Å². The van der Waals surface area contributed by atoms with Gasteiger partial charge in [-0.25, -0.2) is 22.5 Å². The van der Waals surface area contributed by atoms with Crippen LogP contribution in [0.2, 0.25) is 0 Å². The Morgan fingerprint density at radius 1 is 1.07 bits per heavy atom. The minimum atomic E-state index is -3.58. The first-order valence-electron chi connectivity index (χ1n) is 8.92. The number of nitrogens with zero attached hydrogens (tertiary/aromatic N) is 3. The maximum atomic E-state index is 12.3. The molecule has 1 amide bonds. The van der Waals surface area contributed by atoms with Gasteiger partial charge in [-0.2, -0.15) is 5.10 Å². The van der Waals surface area contributed by atoms with Crippen molar-refractivity contribution in [2.24, 2.45) is 5.10 Å². The number of hydrazone groups is 1. The van der Waals surface area contributed by atoms with E-state index in [0.29, 0.717) is 13.0 Å². The van der Waals surface area contributed by atoms with Crippen LogP contribution in [0.3, 0.4) is 0 Å². The fourth-order valence-corrected chi connectivity index (χ4v) is 3.63. The molecule has 0 saturated heterocycles. The van der Waals surface area contributed by atoms with Crippen LogP contribution in [0.25, 0.3) is 0 Å². The van der Waals surface area contributed by atoms with Gasteiger partial charge < -0.3 is 4.74 Å². The average Bonchev–Trinajstić information content (AvgIpc) is 3.23.